The number of rotatable bonds is 12. The van der Waals surface area contributed by atoms with Gasteiger partial charge in [-0.1, -0.05) is 37.1 Å². The molecule has 0 bridgehead atoms. The van der Waals surface area contributed by atoms with Crippen LogP contribution in [0.15, 0.2) is 23.3 Å². The Labute approximate surface area is 139 Å². The van der Waals surface area contributed by atoms with Gasteiger partial charge in [0.2, 0.25) is 5.91 Å². The highest BCUT2D eigenvalue weighted by Crippen LogP contribution is 2.22. The SMILES string of the molecule is CC/C=C(/CC/C=C(\C)CC)C(CC(=O)NCCOC)C(=O)O. The standard InChI is InChI=1S/C18H31NO4/c1-5-8-15(10-7-9-14(3)6-2)16(18(21)22)13-17(20)19-11-12-23-4/h8-9,16H,5-7,10-13H2,1-4H3,(H,19,20)(H,21,22)/b14-9+,15-8-. The van der Waals surface area contributed by atoms with E-state index >= 15 is 0 Å². The van der Waals surface area contributed by atoms with Gasteiger partial charge in [0.05, 0.1) is 12.5 Å². The average molecular weight is 325 g/mol. The van der Waals surface area contributed by atoms with Crippen LogP contribution in [0.25, 0.3) is 0 Å². The molecule has 23 heavy (non-hydrogen) atoms. The van der Waals surface area contributed by atoms with Crippen LogP contribution in [0.2, 0.25) is 0 Å². The molecule has 0 aliphatic heterocycles. The zero-order valence-corrected chi connectivity index (χ0v) is 14.9. The normalized spacial score (nSPS) is 13.7. The van der Waals surface area contributed by atoms with Crippen molar-refractivity contribution in [3.63, 3.8) is 0 Å². The molecule has 0 heterocycles. The summed E-state index contributed by atoms with van der Waals surface area (Å²) in [7, 11) is 1.56. The van der Waals surface area contributed by atoms with Crippen molar-refractivity contribution >= 4 is 11.9 Å². The number of methoxy groups -OCH3 is 1. The van der Waals surface area contributed by atoms with E-state index in [4.69, 9.17) is 4.74 Å². The maximum atomic E-state index is 11.9. The number of hydrogen-bond acceptors (Lipinski definition) is 3. The lowest BCUT2D eigenvalue weighted by atomic mass is 9.90. The first-order chi connectivity index (χ1) is 11.0. The van der Waals surface area contributed by atoms with Crippen LogP contribution in [0.1, 0.15) is 52.9 Å². The molecule has 0 aromatic rings. The van der Waals surface area contributed by atoms with E-state index in [-0.39, 0.29) is 12.3 Å². The molecule has 0 aliphatic carbocycles. The largest absolute Gasteiger partial charge is 0.481 e. The van der Waals surface area contributed by atoms with E-state index in [2.05, 4.69) is 25.2 Å². The summed E-state index contributed by atoms with van der Waals surface area (Å²) in [5.74, 6) is -1.95. The van der Waals surface area contributed by atoms with E-state index < -0.39 is 11.9 Å². The molecule has 0 radical (unpaired) electrons. The lowest BCUT2D eigenvalue weighted by molar-refractivity contribution is -0.142. The Balaban J connectivity index is 4.80. The van der Waals surface area contributed by atoms with Crippen molar-refractivity contribution in [1.82, 2.24) is 5.32 Å². The lowest BCUT2D eigenvalue weighted by Crippen LogP contribution is -2.31. The molecule has 1 atom stereocenters. The van der Waals surface area contributed by atoms with Crippen molar-refractivity contribution < 1.29 is 19.4 Å². The summed E-state index contributed by atoms with van der Waals surface area (Å²) in [6.45, 7) is 6.96. The Bertz CT molecular complexity index is 427. The quantitative estimate of drug-likeness (QED) is 0.426. The number of nitrogens with one attached hydrogen (secondary N) is 1. The molecule has 0 fully saturated rings. The molecule has 0 saturated carbocycles. The van der Waals surface area contributed by atoms with Crippen molar-refractivity contribution in [2.75, 3.05) is 20.3 Å². The van der Waals surface area contributed by atoms with Crippen LogP contribution >= 0.6 is 0 Å². The first-order valence-corrected chi connectivity index (χ1v) is 8.29. The van der Waals surface area contributed by atoms with Crippen LogP contribution in [0, 0.1) is 5.92 Å². The Kier molecular flexibility index (Phi) is 12.0. The van der Waals surface area contributed by atoms with Crippen LogP contribution in [-0.4, -0.2) is 37.2 Å². The third kappa shape index (κ3) is 9.89. The summed E-state index contributed by atoms with van der Waals surface area (Å²) in [4.78, 5) is 23.5. The van der Waals surface area contributed by atoms with Gasteiger partial charge >= 0.3 is 5.97 Å². The van der Waals surface area contributed by atoms with Gasteiger partial charge in [0.15, 0.2) is 0 Å². The Morgan fingerprint density at radius 3 is 2.48 bits per heavy atom. The fraction of sp³-hybridized carbons (Fsp3) is 0.667. The Morgan fingerprint density at radius 2 is 1.96 bits per heavy atom. The molecular weight excluding hydrogens is 294 g/mol. The summed E-state index contributed by atoms with van der Waals surface area (Å²) < 4.78 is 4.87. The fourth-order valence-electron chi connectivity index (χ4n) is 2.24. The summed E-state index contributed by atoms with van der Waals surface area (Å²) >= 11 is 0. The molecular formula is C18H31NO4. The van der Waals surface area contributed by atoms with Crippen LogP contribution in [0.5, 0.6) is 0 Å². The molecule has 5 nitrogen and oxygen atoms in total. The van der Waals surface area contributed by atoms with Gasteiger partial charge in [0.1, 0.15) is 0 Å². The van der Waals surface area contributed by atoms with E-state index in [9.17, 15) is 14.7 Å². The van der Waals surface area contributed by atoms with Crippen molar-refractivity contribution in [2.24, 2.45) is 5.92 Å². The molecule has 5 heteroatoms. The van der Waals surface area contributed by atoms with E-state index in [1.807, 2.05) is 13.0 Å². The summed E-state index contributed by atoms with van der Waals surface area (Å²) in [5.41, 5.74) is 2.13. The topological polar surface area (TPSA) is 75.6 Å². The number of ether oxygens (including phenoxy) is 1. The molecule has 0 aromatic heterocycles. The minimum atomic E-state index is -0.942. The monoisotopic (exact) mass is 325 g/mol. The number of hydrogen-bond donors (Lipinski definition) is 2. The lowest BCUT2D eigenvalue weighted by Gasteiger charge is -2.16. The summed E-state index contributed by atoms with van der Waals surface area (Å²) in [6.07, 6.45) is 7.30. The van der Waals surface area contributed by atoms with Crippen molar-refractivity contribution in [1.29, 1.82) is 0 Å². The third-order valence-corrected chi connectivity index (χ3v) is 3.71. The number of aliphatic carboxylic acids is 1. The highest BCUT2D eigenvalue weighted by molar-refractivity contribution is 5.84. The van der Waals surface area contributed by atoms with E-state index in [0.29, 0.717) is 19.6 Å². The number of carbonyl (C=O) groups is 2. The highest BCUT2D eigenvalue weighted by Gasteiger charge is 2.24. The number of carbonyl (C=O) groups excluding carboxylic acids is 1. The smallest absolute Gasteiger partial charge is 0.311 e. The zero-order chi connectivity index (χ0) is 17.7. The van der Waals surface area contributed by atoms with Gasteiger partial charge in [0, 0.05) is 20.1 Å². The predicted molar refractivity (Wildman–Crippen MR) is 92.3 cm³/mol. The molecule has 132 valence electrons. The van der Waals surface area contributed by atoms with Crippen LogP contribution in [0.3, 0.4) is 0 Å². The molecule has 1 unspecified atom stereocenters. The molecule has 0 aliphatic rings. The predicted octanol–water partition coefficient (Wildman–Crippen LogP) is 3.31. The number of carboxylic acids is 1. The van der Waals surface area contributed by atoms with Crippen LogP contribution in [0.4, 0.5) is 0 Å². The van der Waals surface area contributed by atoms with Crippen LogP contribution in [-0.2, 0) is 14.3 Å². The minimum Gasteiger partial charge on any atom is -0.481 e. The van der Waals surface area contributed by atoms with Gasteiger partial charge in [0.25, 0.3) is 0 Å². The fourth-order valence-corrected chi connectivity index (χ4v) is 2.24. The van der Waals surface area contributed by atoms with Crippen molar-refractivity contribution in [3.8, 4) is 0 Å². The zero-order valence-electron chi connectivity index (χ0n) is 14.9. The second kappa shape index (κ2) is 12.9. The summed E-state index contributed by atoms with van der Waals surface area (Å²) in [5, 5.41) is 12.2. The van der Waals surface area contributed by atoms with Crippen molar-refractivity contribution in [2.45, 2.75) is 52.9 Å². The van der Waals surface area contributed by atoms with Gasteiger partial charge in [-0.25, -0.2) is 0 Å². The highest BCUT2D eigenvalue weighted by atomic mass is 16.5. The van der Waals surface area contributed by atoms with Crippen molar-refractivity contribution in [3.05, 3.63) is 23.3 Å². The van der Waals surface area contributed by atoms with Gasteiger partial charge in [-0.2, -0.15) is 0 Å². The maximum Gasteiger partial charge on any atom is 0.311 e. The van der Waals surface area contributed by atoms with Crippen LogP contribution < -0.4 is 5.32 Å². The average Bonchev–Trinajstić information content (AvgIpc) is 2.51. The maximum absolute atomic E-state index is 11.9. The van der Waals surface area contributed by atoms with Gasteiger partial charge in [-0.15, -0.1) is 0 Å². The Morgan fingerprint density at radius 1 is 1.26 bits per heavy atom. The number of carboxylic acid groups (broad SMARTS) is 1. The molecule has 2 N–H and O–H groups in total. The molecule has 0 rings (SSSR count). The minimum absolute atomic E-state index is 0.0264. The second-order valence-electron chi connectivity index (χ2n) is 5.57. The summed E-state index contributed by atoms with van der Waals surface area (Å²) in [6, 6.07) is 0. The Hall–Kier alpha value is -1.62. The number of allylic oxidation sites excluding steroid dienone is 3. The number of amides is 1. The third-order valence-electron chi connectivity index (χ3n) is 3.71. The van der Waals surface area contributed by atoms with Gasteiger partial charge in [-0.3, -0.25) is 9.59 Å². The van der Waals surface area contributed by atoms with E-state index in [0.717, 1.165) is 24.8 Å². The molecule has 0 saturated heterocycles. The molecule has 0 aromatic carbocycles. The first kappa shape index (κ1) is 21.4. The first-order valence-electron chi connectivity index (χ1n) is 8.29. The van der Waals surface area contributed by atoms with E-state index in [1.54, 1.807) is 7.11 Å². The van der Waals surface area contributed by atoms with E-state index in [1.165, 1.54) is 5.57 Å². The molecule has 0 spiro atoms. The van der Waals surface area contributed by atoms with Gasteiger partial charge in [-0.05, 0) is 32.6 Å². The molecule has 1 amide bonds. The second-order valence-corrected chi connectivity index (χ2v) is 5.57. The van der Waals surface area contributed by atoms with Gasteiger partial charge < -0.3 is 15.2 Å².